The molecule has 0 spiro atoms. The van der Waals surface area contributed by atoms with Gasteiger partial charge in [-0.15, -0.1) is 0 Å². The van der Waals surface area contributed by atoms with Gasteiger partial charge in [0, 0.05) is 10.0 Å². The van der Waals surface area contributed by atoms with Gasteiger partial charge in [0.05, 0.1) is 27.9 Å². The van der Waals surface area contributed by atoms with Crippen molar-refractivity contribution >= 4 is 45.9 Å². The maximum Gasteiger partial charge on any atom is 0.373 e. The van der Waals surface area contributed by atoms with E-state index < -0.39 is 30.0 Å². The molecule has 0 radical (unpaired) electrons. The van der Waals surface area contributed by atoms with Crippen molar-refractivity contribution in [3.63, 3.8) is 0 Å². The van der Waals surface area contributed by atoms with E-state index in [9.17, 15) is 19.2 Å². The summed E-state index contributed by atoms with van der Waals surface area (Å²) in [6.07, 6.45) is 0.431. The van der Waals surface area contributed by atoms with Gasteiger partial charge in [0.25, 0.3) is 5.91 Å². The molecule has 1 atom stereocenters. The molecule has 0 saturated carbocycles. The number of amides is 3. The second-order valence-corrected chi connectivity index (χ2v) is 7.86. The Balaban J connectivity index is 1.90. The van der Waals surface area contributed by atoms with Crippen LogP contribution in [-0.4, -0.2) is 56.2 Å². The summed E-state index contributed by atoms with van der Waals surface area (Å²) in [5.74, 6) is -1.30. The van der Waals surface area contributed by atoms with Gasteiger partial charge in [0.15, 0.2) is 17.6 Å². The third-order valence-electron chi connectivity index (χ3n) is 4.72. The van der Waals surface area contributed by atoms with Crippen LogP contribution < -0.4 is 14.8 Å². The molecule has 2 heterocycles. The molecule has 12 heteroatoms. The minimum atomic E-state index is -0.967. The highest BCUT2D eigenvalue weighted by Crippen LogP contribution is 2.37. The number of carbonyl (C=O) groups is 4. The van der Waals surface area contributed by atoms with E-state index >= 15 is 0 Å². The van der Waals surface area contributed by atoms with Gasteiger partial charge in [-0.3, -0.25) is 9.69 Å². The van der Waals surface area contributed by atoms with Gasteiger partial charge in [-0.2, -0.15) is 0 Å². The number of hydrogen-bond donors (Lipinski definition) is 1. The molecule has 34 heavy (non-hydrogen) atoms. The van der Waals surface area contributed by atoms with E-state index in [0.29, 0.717) is 10.0 Å². The lowest BCUT2D eigenvalue weighted by atomic mass is 10.1. The monoisotopic (exact) mass is 536 g/mol. The van der Waals surface area contributed by atoms with E-state index in [1.807, 2.05) is 0 Å². The maximum atomic E-state index is 12.9. The van der Waals surface area contributed by atoms with Crippen LogP contribution in [0.15, 0.2) is 38.9 Å². The molecule has 0 bridgehead atoms. The highest BCUT2D eigenvalue weighted by Gasteiger charge is 2.35. The molecule has 0 aliphatic carbocycles. The fourth-order valence-electron chi connectivity index (χ4n) is 3.06. The molecule has 3 rings (SSSR count). The third-order valence-corrected chi connectivity index (χ3v) is 5.18. The van der Waals surface area contributed by atoms with Crippen molar-refractivity contribution in [1.29, 1.82) is 0 Å². The van der Waals surface area contributed by atoms with Crippen molar-refractivity contribution in [2.45, 2.75) is 19.6 Å². The Morgan fingerprint density at radius 2 is 1.91 bits per heavy atom. The number of imide groups is 1. The summed E-state index contributed by atoms with van der Waals surface area (Å²) >= 11 is 3.36. The normalized spacial score (nSPS) is 15.2. The van der Waals surface area contributed by atoms with E-state index in [2.05, 4.69) is 26.0 Å². The molecule has 180 valence electrons. The van der Waals surface area contributed by atoms with Crippen LogP contribution in [-0.2, 0) is 25.6 Å². The molecule has 11 nitrogen and oxygen atoms in total. The first kappa shape index (κ1) is 24.8. The first-order valence-corrected chi connectivity index (χ1v) is 10.6. The van der Waals surface area contributed by atoms with Gasteiger partial charge in [-0.1, -0.05) is 15.9 Å². The van der Waals surface area contributed by atoms with E-state index in [1.165, 1.54) is 46.5 Å². The zero-order chi connectivity index (χ0) is 25.0. The summed E-state index contributed by atoms with van der Waals surface area (Å²) in [6.45, 7) is 1.30. The summed E-state index contributed by atoms with van der Waals surface area (Å²) in [5, 5.41) is 2.50. The lowest BCUT2D eigenvalue weighted by molar-refractivity contribution is -0.148. The van der Waals surface area contributed by atoms with Gasteiger partial charge >= 0.3 is 18.0 Å². The predicted molar refractivity (Wildman–Crippen MR) is 120 cm³/mol. The molecular formula is C22H21BrN2O9. The minimum Gasteiger partial charge on any atom is -0.493 e. The molecule has 1 aliphatic heterocycles. The Hall–Kier alpha value is -3.80. The number of benzene rings is 1. The first-order chi connectivity index (χ1) is 16.2. The van der Waals surface area contributed by atoms with Crippen LogP contribution in [0.2, 0.25) is 0 Å². The molecule has 3 amide bonds. The van der Waals surface area contributed by atoms with Gasteiger partial charge in [0.2, 0.25) is 5.76 Å². The number of nitrogens with zero attached hydrogens (tertiary/aromatic N) is 1. The summed E-state index contributed by atoms with van der Waals surface area (Å²) in [4.78, 5) is 49.7. The number of rotatable bonds is 8. The molecule has 2 aromatic rings. The Kier molecular flexibility index (Phi) is 7.61. The average molecular weight is 537 g/mol. The molecule has 1 fully saturated rings. The van der Waals surface area contributed by atoms with Crippen LogP contribution in [0.1, 0.15) is 28.8 Å². The van der Waals surface area contributed by atoms with Crippen LogP contribution in [0.25, 0.3) is 6.08 Å². The Labute approximate surface area is 202 Å². The Morgan fingerprint density at radius 3 is 2.56 bits per heavy atom. The third kappa shape index (κ3) is 5.22. The van der Waals surface area contributed by atoms with Crippen molar-refractivity contribution in [3.8, 4) is 11.5 Å². The fraction of sp³-hybridized carbons (Fsp3) is 0.273. The minimum absolute atomic E-state index is 0.0412. The number of halogens is 1. The zero-order valence-corrected chi connectivity index (χ0v) is 20.3. The van der Waals surface area contributed by atoms with Crippen molar-refractivity contribution in [2.24, 2.45) is 0 Å². The number of methoxy groups -OCH3 is 3. The van der Waals surface area contributed by atoms with E-state index in [1.54, 1.807) is 12.1 Å². The lowest BCUT2D eigenvalue weighted by Crippen LogP contribution is -2.30. The number of ether oxygens (including phenoxy) is 4. The average Bonchev–Trinajstić information content (AvgIpc) is 3.39. The van der Waals surface area contributed by atoms with Crippen LogP contribution in [0.4, 0.5) is 4.79 Å². The Bertz CT molecular complexity index is 1170. The quantitative estimate of drug-likeness (QED) is 0.307. The van der Waals surface area contributed by atoms with Crippen molar-refractivity contribution in [3.05, 3.63) is 51.5 Å². The Morgan fingerprint density at radius 1 is 1.18 bits per heavy atom. The molecule has 1 aliphatic rings. The van der Waals surface area contributed by atoms with Gasteiger partial charge in [-0.05, 0) is 37.3 Å². The van der Waals surface area contributed by atoms with E-state index in [4.69, 9.17) is 18.6 Å². The number of esters is 2. The summed E-state index contributed by atoms with van der Waals surface area (Å²) in [7, 11) is 3.86. The second kappa shape index (κ2) is 10.4. The molecule has 1 aromatic heterocycles. The summed E-state index contributed by atoms with van der Waals surface area (Å²) < 4.78 is 26.3. The largest absolute Gasteiger partial charge is 0.493 e. The number of carbonyl (C=O) groups excluding carboxylic acids is 4. The number of urea groups is 1. The molecule has 0 unspecified atom stereocenters. The lowest BCUT2D eigenvalue weighted by Gasteiger charge is -2.18. The van der Waals surface area contributed by atoms with Crippen molar-refractivity contribution < 1.29 is 42.5 Å². The molecule has 1 aromatic carbocycles. The SMILES string of the molecule is COC(=O)c1ccc(CN2C(=O)N/C(=C/c3cc(Br)cc(OC)c3O[C@H](C)C(=O)OC)C2=O)o1. The van der Waals surface area contributed by atoms with Gasteiger partial charge < -0.3 is 28.7 Å². The van der Waals surface area contributed by atoms with Gasteiger partial charge in [-0.25, -0.2) is 14.4 Å². The second-order valence-electron chi connectivity index (χ2n) is 6.95. The topological polar surface area (TPSA) is 134 Å². The highest BCUT2D eigenvalue weighted by atomic mass is 79.9. The number of nitrogens with one attached hydrogen (secondary N) is 1. The molecule has 1 N–H and O–H groups in total. The van der Waals surface area contributed by atoms with Crippen LogP contribution in [0.5, 0.6) is 11.5 Å². The standard InChI is InChI=1S/C22H21BrN2O9/c1-11(20(27)31-3)33-18-12(7-13(23)9-17(18)30-2)8-15-19(26)25(22(29)24-15)10-14-5-6-16(34-14)21(28)32-4/h5-9,11H,10H2,1-4H3,(H,24,29)/b15-8+/t11-/m1/s1. The zero-order valence-electron chi connectivity index (χ0n) is 18.7. The molecular weight excluding hydrogens is 516 g/mol. The van der Waals surface area contributed by atoms with Crippen molar-refractivity contribution in [1.82, 2.24) is 10.2 Å². The number of furan rings is 1. The van der Waals surface area contributed by atoms with E-state index in [0.717, 1.165) is 4.90 Å². The van der Waals surface area contributed by atoms with Gasteiger partial charge in [0.1, 0.15) is 11.5 Å². The first-order valence-electron chi connectivity index (χ1n) is 9.82. The predicted octanol–water partition coefficient (Wildman–Crippen LogP) is 2.87. The maximum absolute atomic E-state index is 12.9. The van der Waals surface area contributed by atoms with Crippen LogP contribution in [0.3, 0.4) is 0 Å². The summed E-state index contributed by atoms with van der Waals surface area (Å²) in [5.41, 5.74) is 0.318. The fourth-order valence-corrected chi connectivity index (χ4v) is 3.52. The van der Waals surface area contributed by atoms with Crippen LogP contribution >= 0.6 is 15.9 Å². The highest BCUT2D eigenvalue weighted by molar-refractivity contribution is 9.10. The molecule has 1 saturated heterocycles. The summed E-state index contributed by atoms with van der Waals surface area (Å²) in [6, 6.07) is 5.42. The van der Waals surface area contributed by atoms with Crippen LogP contribution in [0, 0.1) is 0 Å². The van der Waals surface area contributed by atoms with E-state index in [-0.39, 0.29) is 35.3 Å². The van der Waals surface area contributed by atoms with Crippen molar-refractivity contribution in [2.75, 3.05) is 21.3 Å². The number of hydrogen-bond acceptors (Lipinski definition) is 9. The smallest absolute Gasteiger partial charge is 0.373 e.